The zero-order valence-corrected chi connectivity index (χ0v) is 13.3. The monoisotopic (exact) mass is 348 g/mol. The van der Waals surface area contributed by atoms with Crippen LogP contribution in [0, 0.1) is 10.1 Å². The van der Waals surface area contributed by atoms with Crippen molar-refractivity contribution >= 4 is 17.3 Å². The predicted octanol–water partition coefficient (Wildman–Crippen LogP) is 4.35. The lowest BCUT2D eigenvalue weighted by atomic mass is 10.2. The van der Waals surface area contributed by atoms with Gasteiger partial charge >= 0.3 is 0 Å². The summed E-state index contributed by atoms with van der Waals surface area (Å²) in [5.74, 6) is 0.655. The first kappa shape index (κ1) is 16.9. The van der Waals surface area contributed by atoms with Gasteiger partial charge in [-0.25, -0.2) is 9.97 Å². The molecule has 1 atom stereocenters. The SMILES string of the molecule is O=[N+]([O-])c1ccc(N=NC(N=Nc2ccccn2)c2cccnc2)nc1. The first-order valence-electron chi connectivity index (χ1n) is 7.45. The Bertz CT molecular complexity index is 914. The fourth-order valence-corrected chi connectivity index (χ4v) is 1.87. The molecule has 0 N–H and O–H groups in total. The van der Waals surface area contributed by atoms with E-state index in [1.165, 1.54) is 12.1 Å². The largest absolute Gasteiger partial charge is 0.287 e. The molecule has 0 aliphatic heterocycles. The van der Waals surface area contributed by atoms with Gasteiger partial charge in [0.15, 0.2) is 11.6 Å². The van der Waals surface area contributed by atoms with E-state index in [0.29, 0.717) is 11.4 Å². The fraction of sp³-hybridized carbons (Fsp3) is 0.0625. The van der Waals surface area contributed by atoms with Gasteiger partial charge in [0.25, 0.3) is 5.69 Å². The summed E-state index contributed by atoms with van der Waals surface area (Å²) in [6, 6.07) is 11.5. The lowest BCUT2D eigenvalue weighted by molar-refractivity contribution is -0.385. The van der Waals surface area contributed by atoms with E-state index in [4.69, 9.17) is 0 Å². The smallest absolute Gasteiger partial charge is 0.264 e. The molecule has 0 fully saturated rings. The van der Waals surface area contributed by atoms with Gasteiger partial charge in [-0.2, -0.15) is 10.2 Å². The zero-order chi connectivity index (χ0) is 18.2. The van der Waals surface area contributed by atoms with E-state index < -0.39 is 11.1 Å². The summed E-state index contributed by atoms with van der Waals surface area (Å²) >= 11 is 0. The highest BCUT2D eigenvalue weighted by molar-refractivity contribution is 5.35. The van der Waals surface area contributed by atoms with Gasteiger partial charge in [0.05, 0.1) is 4.92 Å². The highest BCUT2D eigenvalue weighted by atomic mass is 16.6. The number of hydrogen-bond acceptors (Lipinski definition) is 9. The lowest BCUT2D eigenvalue weighted by Gasteiger charge is -2.04. The Labute approximate surface area is 147 Å². The first-order valence-corrected chi connectivity index (χ1v) is 7.45. The molecule has 3 rings (SSSR count). The average molecular weight is 348 g/mol. The number of pyridine rings is 3. The van der Waals surface area contributed by atoms with Crippen LogP contribution in [-0.2, 0) is 0 Å². The van der Waals surface area contributed by atoms with Crippen LogP contribution >= 0.6 is 0 Å². The van der Waals surface area contributed by atoms with Gasteiger partial charge in [-0.1, -0.05) is 12.1 Å². The third kappa shape index (κ3) is 4.54. The van der Waals surface area contributed by atoms with Gasteiger partial charge in [0.2, 0.25) is 6.17 Å². The third-order valence-electron chi connectivity index (χ3n) is 3.11. The fourth-order valence-electron chi connectivity index (χ4n) is 1.87. The maximum atomic E-state index is 10.7. The van der Waals surface area contributed by atoms with Crippen molar-refractivity contribution in [3.05, 3.63) is 82.9 Å². The molecule has 3 heterocycles. The summed E-state index contributed by atoms with van der Waals surface area (Å²) in [6.07, 6.45) is 5.21. The van der Waals surface area contributed by atoms with Crippen LogP contribution in [0.2, 0.25) is 0 Å². The molecule has 3 aromatic rings. The highest BCUT2D eigenvalue weighted by Gasteiger charge is 2.10. The maximum absolute atomic E-state index is 10.7. The molecular weight excluding hydrogens is 336 g/mol. The Morgan fingerprint density at radius 3 is 2.27 bits per heavy atom. The molecule has 0 aliphatic carbocycles. The summed E-state index contributed by atoms with van der Waals surface area (Å²) in [6.45, 7) is 0. The lowest BCUT2D eigenvalue weighted by Crippen LogP contribution is -1.91. The Morgan fingerprint density at radius 2 is 1.69 bits per heavy atom. The second kappa shape index (κ2) is 8.24. The van der Waals surface area contributed by atoms with Gasteiger partial charge < -0.3 is 0 Å². The van der Waals surface area contributed by atoms with Crippen molar-refractivity contribution < 1.29 is 4.92 Å². The number of nitrogens with zero attached hydrogens (tertiary/aromatic N) is 8. The molecule has 0 bridgehead atoms. The van der Waals surface area contributed by atoms with E-state index >= 15 is 0 Å². The summed E-state index contributed by atoms with van der Waals surface area (Å²) < 4.78 is 0. The maximum Gasteiger partial charge on any atom is 0.287 e. The average Bonchev–Trinajstić information content (AvgIpc) is 2.70. The Balaban J connectivity index is 1.83. The van der Waals surface area contributed by atoms with E-state index in [2.05, 4.69) is 35.4 Å². The van der Waals surface area contributed by atoms with Crippen molar-refractivity contribution in [3.8, 4) is 0 Å². The third-order valence-corrected chi connectivity index (χ3v) is 3.11. The summed E-state index contributed by atoms with van der Waals surface area (Å²) in [4.78, 5) is 22.1. The first-order chi connectivity index (χ1) is 12.7. The Kier molecular flexibility index (Phi) is 5.35. The van der Waals surface area contributed by atoms with Crippen LogP contribution in [-0.4, -0.2) is 19.9 Å². The normalized spacial score (nSPS) is 12.5. The molecule has 0 amide bonds. The van der Waals surface area contributed by atoms with E-state index in [9.17, 15) is 10.1 Å². The molecule has 0 spiro atoms. The van der Waals surface area contributed by atoms with Crippen molar-refractivity contribution in [1.82, 2.24) is 15.0 Å². The van der Waals surface area contributed by atoms with Gasteiger partial charge in [0.1, 0.15) is 6.20 Å². The van der Waals surface area contributed by atoms with E-state index in [1.54, 1.807) is 48.9 Å². The topological polar surface area (TPSA) is 131 Å². The molecular formula is C16H12N8O2. The highest BCUT2D eigenvalue weighted by Crippen LogP contribution is 2.23. The van der Waals surface area contributed by atoms with Gasteiger partial charge in [0, 0.05) is 30.2 Å². The van der Waals surface area contributed by atoms with Crippen LogP contribution in [0.4, 0.5) is 17.3 Å². The number of rotatable bonds is 6. The Morgan fingerprint density at radius 1 is 0.885 bits per heavy atom. The minimum absolute atomic E-state index is 0.123. The molecule has 10 nitrogen and oxygen atoms in total. The number of aromatic nitrogens is 3. The van der Waals surface area contributed by atoms with Crippen LogP contribution in [0.15, 0.2) is 87.7 Å². The minimum atomic E-state index is -0.748. The Hall–Kier alpha value is -3.95. The van der Waals surface area contributed by atoms with Crippen molar-refractivity contribution in [2.24, 2.45) is 20.5 Å². The van der Waals surface area contributed by atoms with E-state index in [-0.39, 0.29) is 11.5 Å². The molecule has 10 heteroatoms. The predicted molar refractivity (Wildman–Crippen MR) is 91.1 cm³/mol. The molecule has 128 valence electrons. The zero-order valence-electron chi connectivity index (χ0n) is 13.3. The minimum Gasteiger partial charge on any atom is -0.264 e. The summed E-state index contributed by atoms with van der Waals surface area (Å²) in [7, 11) is 0. The van der Waals surface area contributed by atoms with Crippen LogP contribution in [0.1, 0.15) is 11.7 Å². The standard InChI is InChI=1S/C16H12N8O2/c25-24(26)13-6-7-15(19-11-13)21-23-16(12-4-3-8-17-10-12)22-20-14-5-1-2-9-18-14/h1-11,16H. The molecule has 0 aromatic carbocycles. The molecule has 0 aliphatic rings. The summed E-state index contributed by atoms with van der Waals surface area (Å²) in [5, 5.41) is 27.0. The van der Waals surface area contributed by atoms with Crippen LogP contribution in [0.25, 0.3) is 0 Å². The number of hydrogen-bond donors (Lipinski definition) is 0. The molecule has 0 saturated heterocycles. The number of nitro groups is 1. The second-order valence-electron chi connectivity index (χ2n) is 4.91. The molecule has 1 unspecified atom stereocenters. The van der Waals surface area contributed by atoms with Crippen molar-refractivity contribution in [1.29, 1.82) is 0 Å². The van der Waals surface area contributed by atoms with Gasteiger partial charge in [-0.05, 0) is 24.3 Å². The van der Waals surface area contributed by atoms with Crippen molar-refractivity contribution in [2.45, 2.75) is 6.17 Å². The van der Waals surface area contributed by atoms with Crippen LogP contribution in [0.3, 0.4) is 0 Å². The van der Waals surface area contributed by atoms with Gasteiger partial charge in [-0.15, -0.1) is 10.2 Å². The number of azo groups is 2. The molecule has 26 heavy (non-hydrogen) atoms. The van der Waals surface area contributed by atoms with E-state index in [0.717, 1.165) is 6.20 Å². The molecule has 0 radical (unpaired) electrons. The van der Waals surface area contributed by atoms with Crippen LogP contribution < -0.4 is 0 Å². The molecule has 3 aromatic heterocycles. The van der Waals surface area contributed by atoms with E-state index in [1.807, 2.05) is 0 Å². The van der Waals surface area contributed by atoms with Gasteiger partial charge in [-0.3, -0.25) is 15.1 Å². The van der Waals surface area contributed by atoms with Crippen molar-refractivity contribution in [2.75, 3.05) is 0 Å². The second-order valence-corrected chi connectivity index (χ2v) is 4.91. The van der Waals surface area contributed by atoms with Crippen LogP contribution in [0.5, 0.6) is 0 Å². The van der Waals surface area contributed by atoms with Crippen molar-refractivity contribution in [3.63, 3.8) is 0 Å². The summed E-state index contributed by atoms with van der Waals surface area (Å²) in [5.41, 5.74) is 0.556. The molecule has 0 saturated carbocycles. The quantitative estimate of drug-likeness (QED) is 0.371.